The highest BCUT2D eigenvalue weighted by Gasteiger charge is 2.16. The van der Waals surface area contributed by atoms with Gasteiger partial charge in [0.05, 0.1) is 12.5 Å². The average Bonchev–Trinajstić information content (AvgIpc) is 2.28. The molecule has 1 atom stereocenters. The van der Waals surface area contributed by atoms with E-state index < -0.39 is 17.9 Å². The molecule has 5 heteroatoms. The largest absolute Gasteiger partial charge is 0.370 e. The van der Waals surface area contributed by atoms with Crippen molar-refractivity contribution in [1.29, 1.82) is 0 Å². The van der Waals surface area contributed by atoms with Gasteiger partial charge >= 0.3 is 0 Å². The highest BCUT2D eigenvalue weighted by atomic mass is 16.2. The van der Waals surface area contributed by atoms with Crippen LogP contribution in [0.15, 0.2) is 24.3 Å². The SMILES string of the molecule is CCc1ccccc1NC(=O)C(N)CC(N)=O. The van der Waals surface area contributed by atoms with Crippen LogP contribution in [-0.4, -0.2) is 17.9 Å². The van der Waals surface area contributed by atoms with Crippen molar-refractivity contribution in [3.8, 4) is 0 Å². The van der Waals surface area contributed by atoms with E-state index in [4.69, 9.17) is 11.5 Å². The number of rotatable bonds is 5. The number of anilines is 1. The van der Waals surface area contributed by atoms with Crippen LogP contribution in [0, 0.1) is 0 Å². The second kappa shape index (κ2) is 6.00. The molecular weight excluding hydrogens is 218 g/mol. The minimum absolute atomic E-state index is 0.153. The maximum Gasteiger partial charge on any atom is 0.241 e. The molecule has 5 N–H and O–H groups in total. The minimum Gasteiger partial charge on any atom is -0.370 e. The molecule has 5 nitrogen and oxygen atoms in total. The van der Waals surface area contributed by atoms with E-state index in [1.165, 1.54) is 0 Å². The van der Waals surface area contributed by atoms with Gasteiger partial charge < -0.3 is 16.8 Å². The van der Waals surface area contributed by atoms with Crippen LogP contribution in [0.1, 0.15) is 18.9 Å². The van der Waals surface area contributed by atoms with E-state index >= 15 is 0 Å². The summed E-state index contributed by atoms with van der Waals surface area (Å²) in [6, 6.07) is 6.55. The molecule has 0 aromatic heterocycles. The number of hydrogen-bond acceptors (Lipinski definition) is 3. The van der Waals surface area contributed by atoms with Crippen molar-refractivity contribution in [2.75, 3.05) is 5.32 Å². The fourth-order valence-corrected chi connectivity index (χ4v) is 1.49. The highest BCUT2D eigenvalue weighted by Crippen LogP contribution is 2.15. The summed E-state index contributed by atoms with van der Waals surface area (Å²) in [6.45, 7) is 1.99. The summed E-state index contributed by atoms with van der Waals surface area (Å²) in [6.07, 6.45) is 0.654. The number of nitrogens with one attached hydrogen (secondary N) is 1. The van der Waals surface area contributed by atoms with Crippen molar-refractivity contribution < 1.29 is 9.59 Å². The Morgan fingerprint density at radius 1 is 1.35 bits per heavy atom. The molecule has 2 amide bonds. The number of benzene rings is 1. The van der Waals surface area contributed by atoms with Crippen molar-refractivity contribution in [2.24, 2.45) is 11.5 Å². The van der Waals surface area contributed by atoms with Crippen LogP contribution in [0.3, 0.4) is 0 Å². The first-order chi connectivity index (χ1) is 8.04. The summed E-state index contributed by atoms with van der Waals surface area (Å²) in [5.41, 5.74) is 12.3. The number of hydrogen-bond donors (Lipinski definition) is 3. The smallest absolute Gasteiger partial charge is 0.241 e. The van der Waals surface area contributed by atoms with Gasteiger partial charge in [0.2, 0.25) is 11.8 Å². The van der Waals surface area contributed by atoms with Gasteiger partial charge in [0.25, 0.3) is 0 Å². The summed E-state index contributed by atoms with van der Waals surface area (Å²) in [5.74, 6) is -0.985. The third-order valence-electron chi connectivity index (χ3n) is 2.41. The van der Waals surface area contributed by atoms with Crippen LogP contribution >= 0.6 is 0 Å². The van der Waals surface area contributed by atoms with E-state index in [9.17, 15) is 9.59 Å². The first-order valence-electron chi connectivity index (χ1n) is 5.47. The summed E-state index contributed by atoms with van der Waals surface area (Å²) in [7, 11) is 0. The van der Waals surface area contributed by atoms with E-state index in [-0.39, 0.29) is 6.42 Å². The molecule has 0 aliphatic carbocycles. The lowest BCUT2D eigenvalue weighted by molar-refractivity contribution is -0.123. The van der Waals surface area contributed by atoms with Crippen molar-refractivity contribution in [3.63, 3.8) is 0 Å². The van der Waals surface area contributed by atoms with Crippen LogP contribution in [0.4, 0.5) is 5.69 Å². The van der Waals surface area contributed by atoms with Gasteiger partial charge in [-0.25, -0.2) is 0 Å². The molecular formula is C12H17N3O2. The van der Waals surface area contributed by atoms with Crippen molar-refractivity contribution in [1.82, 2.24) is 0 Å². The quantitative estimate of drug-likeness (QED) is 0.688. The zero-order valence-corrected chi connectivity index (χ0v) is 9.77. The number of carbonyl (C=O) groups is 2. The summed E-state index contributed by atoms with van der Waals surface area (Å²) in [4.78, 5) is 22.3. The Bertz CT molecular complexity index is 418. The van der Waals surface area contributed by atoms with Gasteiger partial charge in [0.15, 0.2) is 0 Å². The molecule has 0 radical (unpaired) electrons. The van der Waals surface area contributed by atoms with Gasteiger partial charge in [-0.05, 0) is 18.1 Å². The first kappa shape index (κ1) is 13.2. The Kier molecular flexibility index (Phi) is 4.66. The molecule has 0 aliphatic rings. The van der Waals surface area contributed by atoms with Gasteiger partial charge in [0.1, 0.15) is 0 Å². The molecule has 1 aromatic carbocycles. The van der Waals surface area contributed by atoms with E-state index in [1.54, 1.807) is 6.07 Å². The van der Waals surface area contributed by atoms with Gasteiger partial charge in [-0.1, -0.05) is 25.1 Å². The Hall–Kier alpha value is -1.88. The number of para-hydroxylation sites is 1. The number of amides is 2. The fourth-order valence-electron chi connectivity index (χ4n) is 1.49. The molecule has 0 bridgehead atoms. The predicted molar refractivity (Wildman–Crippen MR) is 66.2 cm³/mol. The van der Waals surface area contributed by atoms with Crippen LogP contribution in [-0.2, 0) is 16.0 Å². The molecule has 1 rings (SSSR count). The lowest BCUT2D eigenvalue weighted by Crippen LogP contribution is -2.39. The maximum atomic E-state index is 11.7. The van der Waals surface area contributed by atoms with Crippen LogP contribution < -0.4 is 16.8 Å². The molecule has 0 aliphatic heterocycles. The lowest BCUT2D eigenvalue weighted by Gasteiger charge is -2.13. The molecule has 0 saturated heterocycles. The van der Waals surface area contributed by atoms with Gasteiger partial charge in [-0.15, -0.1) is 0 Å². The molecule has 1 unspecified atom stereocenters. The van der Waals surface area contributed by atoms with Crippen LogP contribution in [0.5, 0.6) is 0 Å². The Morgan fingerprint density at radius 3 is 2.59 bits per heavy atom. The number of nitrogens with two attached hydrogens (primary N) is 2. The Balaban J connectivity index is 2.70. The molecule has 1 aromatic rings. The topological polar surface area (TPSA) is 98.2 Å². The summed E-state index contributed by atoms with van der Waals surface area (Å²) in [5, 5.41) is 2.69. The third kappa shape index (κ3) is 3.88. The minimum atomic E-state index is -0.905. The Morgan fingerprint density at radius 2 is 2.00 bits per heavy atom. The third-order valence-corrected chi connectivity index (χ3v) is 2.41. The zero-order chi connectivity index (χ0) is 12.8. The average molecular weight is 235 g/mol. The first-order valence-corrected chi connectivity index (χ1v) is 5.47. The van der Waals surface area contributed by atoms with Crippen molar-refractivity contribution >= 4 is 17.5 Å². The molecule has 0 heterocycles. The maximum absolute atomic E-state index is 11.7. The normalized spacial score (nSPS) is 11.9. The number of aryl methyl sites for hydroxylation is 1. The zero-order valence-electron chi connectivity index (χ0n) is 9.77. The number of primary amides is 1. The number of carbonyl (C=O) groups excluding carboxylic acids is 2. The molecule has 17 heavy (non-hydrogen) atoms. The van der Waals surface area contributed by atoms with Gasteiger partial charge in [-0.3, -0.25) is 9.59 Å². The van der Waals surface area contributed by atoms with Crippen molar-refractivity contribution in [2.45, 2.75) is 25.8 Å². The fraction of sp³-hybridized carbons (Fsp3) is 0.333. The van der Waals surface area contributed by atoms with Crippen LogP contribution in [0.25, 0.3) is 0 Å². The standard InChI is InChI=1S/C12H17N3O2/c1-2-8-5-3-4-6-10(8)15-12(17)9(13)7-11(14)16/h3-6,9H,2,7,13H2,1H3,(H2,14,16)(H,15,17). The van der Waals surface area contributed by atoms with E-state index in [2.05, 4.69) is 5.32 Å². The second-order valence-corrected chi connectivity index (χ2v) is 3.78. The molecule has 0 saturated carbocycles. The molecule has 0 spiro atoms. The lowest BCUT2D eigenvalue weighted by atomic mass is 10.1. The van der Waals surface area contributed by atoms with E-state index in [0.29, 0.717) is 0 Å². The predicted octanol–water partition coefficient (Wildman–Crippen LogP) is 0.390. The highest BCUT2D eigenvalue weighted by molar-refractivity contribution is 5.97. The van der Waals surface area contributed by atoms with E-state index in [0.717, 1.165) is 17.7 Å². The second-order valence-electron chi connectivity index (χ2n) is 3.78. The van der Waals surface area contributed by atoms with Gasteiger partial charge in [0, 0.05) is 5.69 Å². The van der Waals surface area contributed by atoms with Crippen molar-refractivity contribution in [3.05, 3.63) is 29.8 Å². The van der Waals surface area contributed by atoms with Gasteiger partial charge in [-0.2, -0.15) is 0 Å². The van der Waals surface area contributed by atoms with Crippen LogP contribution in [0.2, 0.25) is 0 Å². The Labute approximate surface area is 100 Å². The summed E-state index contributed by atoms with van der Waals surface area (Å²) < 4.78 is 0. The monoisotopic (exact) mass is 235 g/mol. The van der Waals surface area contributed by atoms with E-state index in [1.807, 2.05) is 25.1 Å². The molecule has 0 fully saturated rings. The molecule has 92 valence electrons. The summed E-state index contributed by atoms with van der Waals surface area (Å²) >= 11 is 0.